The molecule has 0 aromatic heterocycles. The first kappa shape index (κ1) is 19.6. The molecule has 1 aliphatic carbocycles. The molecule has 0 spiro atoms. The molecular formula is C22H25N3O3. The lowest BCUT2D eigenvalue weighted by Crippen LogP contribution is -2.38. The molecule has 0 radical (unpaired) electrons. The molecule has 6 heteroatoms. The zero-order chi connectivity index (χ0) is 20.1. The molecule has 0 saturated carbocycles. The molecule has 3 amide bonds. The second-order valence-electron chi connectivity index (χ2n) is 7.03. The summed E-state index contributed by atoms with van der Waals surface area (Å²) in [6.07, 6.45) is 5.21. The summed E-state index contributed by atoms with van der Waals surface area (Å²) in [6, 6.07) is 12.4. The minimum Gasteiger partial charge on any atom is -0.366 e. The number of carbonyl (C=O) groups excluding carboxylic acids is 3. The first-order valence-electron chi connectivity index (χ1n) is 9.62. The van der Waals surface area contributed by atoms with Crippen LogP contribution in [0, 0.1) is 0 Å². The lowest BCUT2D eigenvalue weighted by molar-refractivity contribution is -0.136. The monoisotopic (exact) mass is 379 g/mol. The van der Waals surface area contributed by atoms with E-state index >= 15 is 0 Å². The van der Waals surface area contributed by atoms with Crippen LogP contribution in [0.25, 0.3) is 0 Å². The van der Waals surface area contributed by atoms with Crippen LogP contribution in [0.2, 0.25) is 0 Å². The number of hydrogen-bond acceptors (Lipinski definition) is 3. The number of benzene rings is 2. The van der Waals surface area contributed by atoms with E-state index in [9.17, 15) is 14.4 Å². The average molecular weight is 379 g/mol. The van der Waals surface area contributed by atoms with Crippen LogP contribution in [0.1, 0.15) is 59.3 Å². The predicted molar refractivity (Wildman–Crippen MR) is 108 cm³/mol. The van der Waals surface area contributed by atoms with Gasteiger partial charge in [-0.05, 0) is 60.9 Å². The fraction of sp³-hybridized carbons (Fsp3) is 0.318. The molecule has 146 valence electrons. The van der Waals surface area contributed by atoms with E-state index in [2.05, 4.69) is 22.8 Å². The Bertz CT molecular complexity index is 908. The van der Waals surface area contributed by atoms with Gasteiger partial charge in [0.1, 0.15) is 0 Å². The van der Waals surface area contributed by atoms with Gasteiger partial charge in [-0.15, -0.1) is 0 Å². The van der Waals surface area contributed by atoms with Crippen molar-refractivity contribution in [1.82, 2.24) is 5.32 Å². The summed E-state index contributed by atoms with van der Waals surface area (Å²) in [5, 5.41) is 5.26. The summed E-state index contributed by atoms with van der Waals surface area (Å²) in [7, 11) is 0. The van der Waals surface area contributed by atoms with E-state index in [0.717, 1.165) is 18.4 Å². The Morgan fingerprint density at radius 3 is 2.43 bits per heavy atom. The highest BCUT2D eigenvalue weighted by Gasteiger charge is 2.21. The van der Waals surface area contributed by atoms with Gasteiger partial charge in [0.25, 0.3) is 5.91 Å². The summed E-state index contributed by atoms with van der Waals surface area (Å²) in [6.45, 7) is 1.96. The van der Waals surface area contributed by atoms with E-state index in [1.807, 2.05) is 13.0 Å². The molecule has 0 saturated heterocycles. The number of anilines is 1. The summed E-state index contributed by atoms with van der Waals surface area (Å²) < 4.78 is 0. The van der Waals surface area contributed by atoms with E-state index < -0.39 is 17.7 Å². The van der Waals surface area contributed by atoms with Crippen LogP contribution in [0.3, 0.4) is 0 Å². The fourth-order valence-electron chi connectivity index (χ4n) is 3.60. The molecule has 2 aromatic carbocycles. The Balaban J connectivity index is 1.70. The van der Waals surface area contributed by atoms with Gasteiger partial charge < -0.3 is 16.4 Å². The van der Waals surface area contributed by atoms with Crippen molar-refractivity contribution >= 4 is 23.4 Å². The molecule has 1 unspecified atom stereocenters. The molecule has 1 atom stereocenters. The molecule has 0 aliphatic heterocycles. The van der Waals surface area contributed by atoms with Gasteiger partial charge in [0, 0.05) is 0 Å². The van der Waals surface area contributed by atoms with E-state index in [1.54, 1.807) is 12.1 Å². The third-order valence-corrected chi connectivity index (χ3v) is 5.14. The predicted octanol–water partition coefficient (Wildman–Crippen LogP) is 2.87. The number of rotatable bonds is 5. The maximum atomic E-state index is 12.4. The van der Waals surface area contributed by atoms with E-state index in [4.69, 9.17) is 5.73 Å². The Hall–Kier alpha value is -3.15. The van der Waals surface area contributed by atoms with Crippen LogP contribution in [-0.2, 0) is 22.4 Å². The van der Waals surface area contributed by atoms with Gasteiger partial charge in [0.15, 0.2) is 0 Å². The number of nitrogens with two attached hydrogens (primary N) is 1. The van der Waals surface area contributed by atoms with Crippen molar-refractivity contribution in [3.63, 3.8) is 0 Å². The zero-order valence-corrected chi connectivity index (χ0v) is 16.0. The molecule has 1 aliphatic rings. The lowest BCUT2D eigenvalue weighted by Gasteiger charge is -2.21. The first-order valence-corrected chi connectivity index (χ1v) is 9.62. The van der Waals surface area contributed by atoms with Crippen LogP contribution >= 0.6 is 0 Å². The molecule has 28 heavy (non-hydrogen) atoms. The normalized spacial score (nSPS) is 13.9. The maximum Gasteiger partial charge on any atom is 0.313 e. The first-order chi connectivity index (χ1) is 13.5. The Morgan fingerprint density at radius 2 is 1.71 bits per heavy atom. The topological polar surface area (TPSA) is 101 Å². The number of aryl methyl sites for hydroxylation is 2. The van der Waals surface area contributed by atoms with Gasteiger partial charge in [-0.1, -0.05) is 37.3 Å². The van der Waals surface area contributed by atoms with Crippen molar-refractivity contribution in [2.75, 3.05) is 5.32 Å². The molecule has 0 fully saturated rings. The third kappa shape index (κ3) is 4.39. The molecule has 2 aromatic rings. The molecular weight excluding hydrogens is 354 g/mol. The van der Waals surface area contributed by atoms with Crippen LogP contribution in [0.5, 0.6) is 0 Å². The summed E-state index contributed by atoms with van der Waals surface area (Å²) in [5.41, 5.74) is 9.39. The highest BCUT2D eigenvalue weighted by molar-refractivity contribution is 6.40. The number of primary amides is 1. The Labute approximate surface area is 164 Å². The average Bonchev–Trinajstić information content (AvgIpc) is 2.71. The largest absolute Gasteiger partial charge is 0.366 e. The fourth-order valence-corrected chi connectivity index (χ4v) is 3.60. The van der Waals surface area contributed by atoms with Gasteiger partial charge in [-0.2, -0.15) is 0 Å². The van der Waals surface area contributed by atoms with Gasteiger partial charge in [-0.25, -0.2) is 0 Å². The zero-order valence-electron chi connectivity index (χ0n) is 16.0. The highest BCUT2D eigenvalue weighted by Crippen LogP contribution is 2.26. The van der Waals surface area contributed by atoms with Crippen LogP contribution < -0.4 is 16.4 Å². The summed E-state index contributed by atoms with van der Waals surface area (Å²) >= 11 is 0. The van der Waals surface area contributed by atoms with E-state index in [0.29, 0.717) is 6.42 Å². The molecule has 0 heterocycles. The van der Waals surface area contributed by atoms with Crippen LogP contribution in [-0.4, -0.2) is 17.7 Å². The molecule has 3 rings (SSSR count). The quantitative estimate of drug-likeness (QED) is 0.696. The number of fused-ring (bicyclic) bond motifs is 1. The second-order valence-corrected chi connectivity index (χ2v) is 7.03. The number of amides is 3. The maximum absolute atomic E-state index is 12.4. The third-order valence-electron chi connectivity index (χ3n) is 5.14. The van der Waals surface area contributed by atoms with Crippen molar-refractivity contribution in [3.8, 4) is 0 Å². The van der Waals surface area contributed by atoms with Crippen molar-refractivity contribution in [1.29, 1.82) is 0 Å². The van der Waals surface area contributed by atoms with Gasteiger partial charge in [0.05, 0.1) is 17.3 Å². The SMILES string of the molecule is CCC(NC(=O)C(=O)Nc1ccccc1C(N)=O)c1ccc2c(c1)CCCC2. The standard InChI is InChI=1S/C22H25N3O3/c1-2-18(16-12-11-14-7-3-4-8-15(14)13-16)24-21(27)22(28)25-19-10-6-5-9-17(19)20(23)26/h5-6,9-13,18H,2-4,7-8H2,1H3,(H2,23,26)(H,24,27)(H,25,28). The lowest BCUT2D eigenvalue weighted by atomic mass is 9.89. The second kappa shape index (κ2) is 8.69. The number of para-hydroxylation sites is 1. The van der Waals surface area contributed by atoms with Crippen molar-refractivity contribution in [2.45, 2.75) is 45.1 Å². The van der Waals surface area contributed by atoms with Crippen molar-refractivity contribution in [3.05, 3.63) is 64.7 Å². The Morgan fingerprint density at radius 1 is 1.00 bits per heavy atom. The minimum atomic E-state index is -0.829. The highest BCUT2D eigenvalue weighted by atomic mass is 16.2. The van der Waals surface area contributed by atoms with Crippen molar-refractivity contribution < 1.29 is 14.4 Å². The summed E-state index contributed by atoms with van der Waals surface area (Å²) in [4.78, 5) is 36.2. The number of nitrogens with one attached hydrogen (secondary N) is 2. The minimum absolute atomic E-state index is 0.158. The molecule has 6 nitrogen and oxygen atoms in total. The van der Waals surface area contributed by atoms with Gasteiger partial charge in [-0.3, -0.25) is 14.4 Å². The van der Waals surface area contributed by atoms with Gasteiger partial charge in [0.2, 0.25) is 0 Å². The molecule has 4 N–H and O–H groups in total. The van der Waals surface area contributed by atoms with Gasteiger partial charge >= 0.3 is 11.8 Å². The number of carbonyl (C=O) groups is 3. The van der Waals surface area contributed by atoms with Crippen LogP contribution in [0.4, 0.5) is 5.69 Å². The van der Waals surface area contributed by atoms with Crippen molar-refractivity contribution in [2.24, 2.45) is 5.73 Å². The molecule has 0 bridgehead atoms. The van der Waals surface area contributed by atoms with E-state index in [1.165, 1.54) is 36.1 Å². The van der Waals surface area contributed by atoms with E-state index in [-0.39, 0.29) is 17.3 Å². The van der Waals surface area contributed by atoms with Crippen LogP contribution in [0.15, 0.2) is 42.5 Å². The Kier molecular flexibility index (Phi) is 6.09. The smallest absolute Gasteiger partial charge is 0.313 e. The summed E-state index contributed by atoms with van der Waals surface area (Å²) in [5.74, 6) is -2.24. The number of hydrogen-bond donors (Lipinski definition) is 3.